The molecule has 0 saturated heterocycles. The first-order chi connectivity index (χ1) is 12.4. The van der Waals surface area contributed by atoms with Crippen molar-refractivity contribution < 1.29 is 24.2 Å². The molecule has 0 aromatic heterocycles. The molecule has 0 aliphatic carbocycles. The molecule has 0 radical (unpaired) electrons. The minimum atomic E-state index is -1.03. The zero-order valence-corrected chi connectivity index (χ0v) is 14.4. The molecule has 2 aromatic carbocycles. The van der Waals surface area contributed by atoms with Gasteiger partial charge in [0, 0.05) is 0 Å². The molecule has 0 spiro atoms. The molecule has 2 aromatic rings. The maximum atomic E-state index is 12.0. The summed E-state index contributed by atoms with van der Waals surface area (Å²) in [4.78, 5) is 24.0. The van der Waals surface area contributed by atoms with Crippen molar-refractivity contribution in [2.24, 2.45) is 11.5 Å². The zero-order valence-electron chi connectivity index (χ0n) is 14.4. The first-order valence-corrected chi connectivity index (χ1v) is 8.06. The number of aromatic hydroxyl groups is 1. The Hall–Kier alpha value is -2.90. The number of methoxy groups -OCH3 is 1. The molecule has 138 valence electrons. The quantitative estimate of drug-likeness (QED) is 0.496. The fourth-order valence-electron chi connectivity index (χ4n) is 2.37. The van der Waals surface area contributed by atoms with E-state index >= 15 is 0 Å². The molecule has 0 heterocycles. The monoisotopic (exact) mass is 358 g/mol. The van der Waals surface area contributed by atoms with Crippen molar-refractivity contribution >= 4 is 11.9 Å². The van der Waals surface area contributed by atoms with E-state index in [1.165, 1.54) is 12.1 Å². The molecule has 7 nitrogen and oxygen atoms in total. The predicted molar refractivity (Wildman–Crippen MR) is 95.6 cm³/mol. The smallest absolute Gasteiger partial charge is 0.330 e. The molecule has 2 atom stereocenters. The van der Waals surface area contributed by atoms with Crippen molar-refractivity contribution in [2.75, 3.05) is 7.11 Å². The van der Waals surface area contributed by atoms with Crippen molar-refractivity contribution in [1.29, 1.82) is 0 Å². The van der Waals surface area contributed by atoms with Gasteiger partial charge >= 0.3 is 11.9 Å². The van der Waals surface area contributed by atoms with Gasteiger partial charge < -0.3 is 26.0 Å². The lowest BCUT2D eigenvalue weighted by Gasteiger charge is -2.14. The van der Waals surface area contributed by atoms with Crippen molar-refractivity contribution in [3.8, 4) is 11.5 Å². The summed E-state index contributed by atoms with van der Waals surface area (Å²) in [6, 6.07) is 11.4. The minimum absolute atomic E-state index is 0.0701. The number of nitrogens with two attached hydrogens (primary N) is 2. The summed E-state index contributed by atoms with van der Waals surface area (Å²) in [7, 11) is 1.56. The van der Waals surface area contributed by atoms with E-state index in [9.17, 15) is 14.7 Å². The highest BCUT2D eigenvalue weighted by atomic mass is 16.6. The number of hydrogen-bond acceptors (Lipinski definition) is 7. The van der Waals surface area contributed by atoms with Crippen molar-refractivity contribution in [3.63, 3.8) is 0 Å². The number of phenolic OH excluding ortho intramolecular Hbond substituents is 1. The zero-order chi connectivity index (χ0) is 19.1. The summed E-state index contributed by atoms with van der Waals surface area (Å²) < 4.78 is 9.84. The van der Waals surface area contributed by atoms with Crippen LogP contribution in [0, 0.1) is 0 Å². The molecule has 0 aliphatic heterocycles. The largest absolute Gasteiger partial charge is 0.508 e. The molecule has 7 heteroatoms. The van der Waals surface area contributed by atoms with E-state index in [-0.39, 0.29) is 18.6 Å². The summed E-state index contributed by atoms with van der Waals surface area (Å²) in [5.41, 5.74) is 13.0. The SMILES string of the molecule is COc1ccc(C[C@H](N)C(=O)OC(=O)[C@@H](N)Cc2cccc(O)c2)cc1. The van der Waals surface area contributed by atoms with Gasteiger partial charge in [0.25, 0.3) is 0 Å². The van der Waals surface area contributed by atoms with E-state index in [2.05, 4.69) is 0 Å². The lowest BCUT2D eigenvalue weighted by Crippen LogP contribution is -2.41. The number of carbonyl (C=O) groups is 2. The summed E-state index contributed by atoms with van der Waals surface area (Å²) in [6.45, 7) is 0. The maximum Gasteiger partial charge on any atom is 0.330 e. The third kappa shape index (κ3) is 5.58. The van der Waals surface area contributed by atoms with Gasteiger partial charge in [0.2, 0.25) is 0 Å². The third-order valence-electron chi connectivity index (χ3n) is 3.79. The number of phenols is 1. The van der Waals surface area contributed by atoms with Crippen LogP contribution in [0.2, 0.25) is 0 Å². The average Bonchev–Trinajstić information content (AvgIpc) is 2.62. The van der Waals surface area contributed by atoms with Crippen LogP contribution in [0.3, 0.4) is 0 Å². The molecular weight excluding hydrogens is 336 g/mol. The van der Waals surface area contributed by atoms with Crippen LogP contribution in [-0.4, -0.2) is 36.2 Å². The highest BCUT2D eigenvalue weighted by Gasteiger charge is 2.23. The van der Waals surface area contributed by atoms with E-state index in [4.69, 9.17) is 20.9 Å². The molecule has 26 heavy (non-hydrogen) atoms. The van der Waals surface area contributed by atoms with Crippen LogP contribution in [0.25, 0.3) is 0 Å². The molecule has 0 aliphatic rings. The van der Waals surface area contributed by atoms with Crippen LogP contribution >= 0.6 is 0 Å². The fraction of sp³-hybridized carbons (Fsp3) is 0.263. The summed E-state index contributed by atoms with van der Waals surface area (Å²) in [5, 5.41) is 9.42. The predicted octanol–water partition coefficient (Wildman–Crippen LogP) is 0.910. The van der Waals surface area contributed by atoms with Crippen LogP contribution in [0.5, 0.6) is 11.5 Å². The van der Waals surface area contributed by atoms with Crippen LogP contribution < -0.4 is 16.2 Å². The highest BCUT2D eigenvalue weighted by molar-refractivity contribution is 5.90. The fourth-order valence-corrected chi connectivity index (χ4v) is 2.37. The normalized spacial score (nSPS) is 12.9. The number of hydrogen-bond donors (Lipinski definition) is 3. The van der Waals surface area contributed by atoms with E-state index in [0.29, 0.717) is 11.3 Å². The second-order valence-electron chi connectivity index (χ2n) is 5.88. The van der Waals surface area contributed by atoms with Crippen LogP contribution in [0.1, 0.15) is 11.1 Å². The first-order valence-electron chi connectivity index (χ1n) is 8.06. The van der Waals surface area contributed by atoms with Crippen LogP contribution in [0.15, 0.2) is 48.5 Å². The van der Waals surface area contributed by atoms with Crippen molar-refractivity contribution in [2.45, 2.75) is 24.9 Å². The van der Waals surface area contributed by atoms with Gasteiger partial charge in [-0.2, -0.15) is 0 Å². The van der Waals surface area contributed by atoms with Gasteiger partial charge in [0.05, 0.1) is 7.11 Å². The molecule has 0 saturated carbocycles. The van der Waals surface area contributed by atoms with E-state index in [1.807, 2.05) is 0 Å². The maximum absolute atomic E-state index is 12.0. The molecular formula is C19H22N2O5. The second kappa shape index (κ2) is 8.98. The average molecular weight is 358 g/mol. The molecule has 0 bridgehead atoms. The Labute approximate surface area is 151 Å². The molecule has 2 rings (SSSR count). The van der Waals surface area contributed by atoms with E-state index in [1.54, 1.807) is 43.5 Å². The molecule has 0 fully saturated rings. The third-order valence-corrected chi connectivity index (χ3v) is 3.79. The number of carbonyl (C=O) groups excluding carboxylic acids is 2. The Kier molecular flexibility index (Phi) is 6.71. The number of benzene rings is 2. The van der Waals surface area contributed by atoms with Gasteiger partial charge in [-0.25, -0.2) is 9.59 Å². The van der Waals surface area contributed by atoms with Crippen molar-refractivity contribution in [3.05, 3.63) is 59.7 Å². The van der Waals surface area contributed by atoms with Crippen LogP contribution in [-0.2, 0) is 27.2 Å². The van der Waals surface area contributed by atoms with Gasteiger partial charge in [0.1, 0.15) is 23.6 Å². The highest BCUT2D eigenvalue weighted by Crippen LogP contribution is 2.14. The standard InChI is InChI=1S/C19H22N2O5/c1-25-15-7-5-12(6-8-15)10-16(20)18(23)26-19(24)17(21)11-13-3-2-4-14(22)9-13/h2-9,16-17,22H,10-11,20-21H2,1H3/t16-,17-/m0/s1. The lowest BCUT2D eigenvalue weighted by molar-refractivity contribution is -0.161. The second-order valence-corrected chi connectivity index (χ2v) is 5.88. The van der Waals surface area contributed by atoms with Gasteiger partial charge in [-0.05, 0) is 48.2 Å². The Bertz CT molecular complexity index is 761. The van der Waals surface area contributed by atoms with Gasteiger partial charge in [0.15, 0.2) is 0 Å². The Morgan fingerprint density at radius 3 is 2.08 bits per heavy atom. The number of esters is 2. The topological polar surface area (TPSA) is 125 Å². The van der Waals surface area contributed by atoms with E-state index in [0.717, 1.165) is 5.56 Å². The molecule has 5 N–H and O–H groups in total. The lowest BCUT2D eigenvalue weighted by atomic mass is 10.1. The van der Waals surface area contributed by atoms with Gasteiger partial charge in [-0.1, -0.05) is 24.3 Å². The summed E-state index contributed by atoms with van der Waals surface area (Å²) in [5.74, 6) is -0.931. The Morgan fingerprint density at radius 1 is 0.962 bits per heavy atom. The number of ether oxygens (including phenoxy) is 2. The van der Waals surface area contributed by atoms with Gasteiger partial charge in [-0.3, -0.25) is 0 Å². The van der Waals surface area contributed by atoms with Crippen molar-refractivity contribution in [1.82, 2.24) is 0 Å². The van der Waals surface area contributed by atoms with E-state index < -0.39 is 24.0 Å². The number of rotatable bonds is 7. The molecule has 0 amide bonds. The van der Waals surface area contributed by atoms with Gasteiger partial charge in [-0.15, -0.1) is 0 Å². The summed E-state index contributed by atoms with van der Waals surface area (Å²) in [6.07, 6.45) is 0.353. The minimum Gasteiger partial charge on any atom is -0.508 e. The first kappa shape index (κ1) is 19.4. The van der Waals surface area contributed by atoms with Crippen LogP contribution in [0.4, 0.5) is 0 Å². The molecule has 0 unspecified atom stereocenters. The summed E-state index contributed by atoms with van der Waals surface area (Å²) >= 11 is 0. The Morgan fingerprint density at radius 2 is 1.54 bits per heavy atom. The Balaban J connectivity index is 1.87.